The normalized spacial score (nSPS) is 17.6. The van der Waals surface area contributed by atoms with E-state index in [2.05, 4.69) is 0 Å². The van der Waals surface area contributed by atoms with Gasteiger partial charge in [0, 0.05) is 38.8 Å². The number of hydrogen-bond donors (Lipinski definition) is 0. The quantitative estimate of drug-likeness (QED) is 0.575. The van der Waals surface area contributed by atoms with Crippen LogP contribution in [0.1, 0.15) is 24.5 Å². The number of nitrogens with zero attached hydrogens (tertiary/aromatic N) is 2. The van der Waals surface area contributed by atoms with E-state index in [1.165, 1.54) is 21.3 Å². The monoisotopic (exact) mass is 488 g/mol. The molecule has 2 aliphatic heterocycles. The highest BCUT2D eigenvalue weighted by atomic mass is 32.2. The Morgan fingerprint density at radius 2 is 1.65 bits per heavy atom. The zero-order valence-electron chi connectivity index (χ0n) is 19.2. The molecular weight excluding hydrogens is 460 g/mol. The Morgan fingerprint density at radius 3 is 2.29 bits per heavy atom. The van der Waals surface area contributed by atoms with Gasteiger partial charge >= 0.3 is 5.97 Å². The van der Waals surface area contributed by atoms with Crippen LogP contribution >= 0.6 is 0 Å². The summed E-state index contributed by atoms with van der Waals surface area (Å²) in [7, 11) is -0.541. The Morgan fingerprint density at radius 1 is 1.00 bits per heavy atom. The molecule has 1 atom stereocenters. The maximum atomic E-state index is 13.1. The third-order valence-corrected chi connectivity index (χ3v) is 7.83. The van der Waals surface area contributed by atoms with Gasteiger partial charge in [-0.25, -0.2) is 8.42 Å². The maximum Gasteiger partial charge on any atom is 0.310 e. The van der Waals surface area contributed by atoms with Gasteiger partial charge < -0.3 is 19.1 Å². The van der Waals surface area contributed by atoms with E-state index in [0.717, 1.165) is 0 Å². The molecule has 9 nitrogen and oxygen atoms in total. The van der Waals surface area contributed by atoms with Gasteiger partial charge in [0.2, 0.25) is 16.1 Å². The van der Waals surface area contributed by atoms with Gasteiger partial charge in [-0.15, -0.1) is 0 Å². The fourth-order valence-corrected chi connectivity index (χ4v) is 5.49. The van der Waals surface area contributed by atoms with E-state index in [-0.39, 0.29) is 23.9 Å². The highest BCUT2D eigenvalue weighted by Gasteiger charge is 2.36. The van der Waals surface area contributed by atoms with Gasteiger partial charge in [0.15, 0.2) is 11.5 Å². The SMILES string of the molecule is CN(C)C(=O)C(OC(=O)C1CCN(S(=O)(=O)c2ccc3c(c2)OCCO3)CC1)c1ccccc1. The number of sulfonamides is 1. The fraction of sp³-hybridized carbons (Fsp3) is 0.417. The van der Waals surface area contributed by atoms with Gasteiger partial charge in [-0.1, -0.05) is 30.3 Å². The minimum Gasteiger partial charge on any atom is -0.486 e. The molecule has 4 rings (SSSR count). The van der Waals surface area contributed by atoms with Gasteiger partial charge in [-0.2, -0.15) is 4.31 Å². The predicted octanol–water partition coefficient (Wildman–Crippen LogP) is 2.23. The number of likely N-dealkylation sites (N-methyl/N-ethyl adjacent to an activating group) is 1. The number of ether oxygens (including phenoxy) is 3. The van der Waals surface area contributed by atoms with Crippen LogP contribution in [0.2, 0.25) is 0 Å². The van der Waals surface area contributed by atoms with Crippen LogP contribution in [0.4, 0.5) is 0 Å². The lowest BCUT2D eigenvalue weighted by molar-refractivity contribution is -0.164. The standard InChI is InChI=1S/C24H28N2O7S/c1-25(2)23(27)22(17-6-4-3-5-7-17)33-24(28)18-10-12-26(13-11-18)34(29,30)19-8-9-20-21(16-19)32-15-14-31-20/h3-9,16,18,22H,10-15H2,1-2H3. The van der Waals surface area contributed by atoms with Crippen LogP contribution in [-0.2, 0) is 24.3 Å². The highest BCUT2D eigenvalue weighted by Crippen LogP contribution is 2.34. The summed E-state index contributed by atoms with van der Waals surface area (Å²) in [5, 5.41) is 0. The minimum absolute atomic E-state index is 0.124. The van der Waals surface area contributed by atoms with Crippen molar-refractivity contribution in [2.24, 2.45) is 5.92 Å². The first-order chi connectivity index (χ1) is 16.3. The minimum atomic E-state index is -3.75. The fourth-order valence-electron chi connectivity index (χ4n) is 4.00. The molecule has 0 radical (unpaired) electrons. The summed E-state index contributed by atoms with van der Waals surface area (Å²) >= 11 is 0. The van der Waals surface area contributed by atoms with Gasteiger partial charge in [-0.3, -0.25) is 9.59 Å². The molecule has 0 aromatic heterocycles. The molecule has 2 aliphatic rings. The number of benzene rings is 2. The summed E-state index contributed by atoms with van der Waals surface area (Å²) in [6.07, 6.45) is -0.427. The lowest BCUT2D eigenvalue weighted by atomic mass is 9.98. The maximum absolute atomic E-state index is 13.1. The van der Waals surface area contributed by atoms with Gasteiger partial charge in [0.25, 0.3) is 5.91 Å². The van der Waals surface area contributed by atoms with Gasteiger partial charge in [0.1, 0.15) is 13.2 Å². The smallest absolute Gasteiger partial charge is 0.310 e. The average molecular weight is 489 g/mol. The number of amides is 1. The van der Waals surface area contributed by atoms with Crippen LogP contribution in [0.5, 0.6) is 11.5 Å². The Kier molecular flexibility index (Phi) is 7.08. The first-order valence-electron chi connectivity index (χ1n) is 11.1. The zero-order valence-corrected chi connectivity index (χ0v) is 20.0. The number of carbonyl (C=O) groups excluding carboxylic acids is 2. The molecule has 2 heterocycles. The molecular formula is C24H28N2O7S. The Labute approximate surface area is 199 Å². The largest absolute Gasteiger partial charge is 0.486 e. The van der Waals surface area contributed by atoms with E-state index in [0.29, 0.717) is 43.1 Å². The van der Waals surface area contributed by atoms with Crippen molar-refractivity contribution in [3.05, 3.63) is 54.1 Å². The molecule has 1 saturated heterocycles. The van der Waals surface area contributed by atoms with Crippen molar-refractivity contribution < 1.29 is 32.2 Å². The first kappa shape index (κ1) is 24.0. The number of carbonyl (C=O) groups is 2. The second-order valence-electron chi connectivity index (χ2n) is 8.44. The number of piperidine rings is 1. The van der Waals surface area contributed by atoms with E-state index in [9.17, 15) is 18.0 Å². The lowest BCUT2D eigenvalue weighted by Gasteiger charge is -2.31. The number of rotatable bonds is 6. The lowest BCUT2D eigenvalue weighted by Crippen LogP contribution is -2.41. The molecule has 0 N–H and O–H groups in total. The highest BCUT2D eigenvalue weighted by molar-refractivity contribution is 7.89. The third kappa shape index (κ3) is 5.02. The molecule has 0 bridgehead atoms. The molecule has 2 aromatic carbocycles. The summed E-state index contributed by atoms with van der Waals surface area (Å²) in [5.74, 6) is -0.401. The van der Waals surface area contributed by atoms with E-state index in [1.807, 2.05) is 6.07 Å². The molecule has 34 heavy (non-hydrogen) atoms. The van der Waals surface area contributed by atoms with E-state index < -0.39 is 28.0 Å². The van der Waals surface area contributed by atoms with Gasteiger partial charge in [0.05, 0.1) is 10.8 Å². The van der Waals surface area contributed by atoms with Crippen LogP contribution in [0.25, 0.3) is 0 Å². The van der Waals surface area contributed by atoms with Crippen molar-refractivity contribution in [1.29, 1.82) is 0 Å². The van der Waals surface area contributed by atoms with Crippen molar-refractivity contribution >= 4 is 21.9 Å². The summed E-state index contributed by atoms with van der Waals surface area (Å²) in [6, 6.07) is 13.4. The van der Waals surface area contributed by atoms with Crippen molar-refractivity contribution in [3.8, 4) is 11.5 Å². The summed E-state index contributed by atoms with van der Waals surface area (Å²) in [5.41, 5.74) is 0.591. The zero-order chi connectivity index (χ0) is 24.3. The Bertz CT molecular complexity index is 1140. The van der Waals surface area contributed by atoms with Crippen molar-refractivity contribution in [2.75, 3.05) is 40.4 Å². The summed E-state index contributed by atoms with van der Waals surface area (Å²) in [4.78, 5) is 27.1. The summed E-state index contributed by atoms with van der Waals surface area (Å²) < 4.78 is 44.2. The Hall–Kier alpha value is -3.11. The third-order valence-electron chi connectivity index (χ3n) is 5.94. The molecule has 182 valence electrons. The molecule has 10 heteroatoms. The average Bonchev–Trinajstić information content (AvgIpc) is 2.87. The number of hydrogen-bond acceptors (Lipinski definition) is 7. The Balaban J connectivity index is 1.41. The van der Waals surface area contributed by atoms with Crippen LogP contribution in [-0.4, -0.2) is 69.9 Å². The van der Waals surface area contributed by atoms with Crippen LogP contribution in [0.15, 0.2) is 53.4 Å². The van der Waals surface area contributed by atoms with Crippen LogP contribution in [0.3, 0.4) is 0 Å². The van der Waals surface area contributed by atoms with Crippen molar-refractivity contribution in [2.45, 2.75) is 23.8 Å². The molecule has 1 amide bonds. The van der Waals surface area contributed by atoms with Crippen molar-refractivity contribution in [3.63, 3.8) is 0 Å². The molecule has 2 aromatic rings. The predicted molar refractivity (Wildman–Crippen MR) is 123 cm³/mol. The number of esters is 1. The second kappa shape index (κ2) is 10.0. The van der Waals surface area contributed by atoms with E-state index >= 15 is 0 Å². The molecule has 0 spiro atoms. The van der Waals surface area contributed by atoms with Crippen LogP contribution in [0, 0.1) is 5.92 Å². The molecule has 0 saturated carbocycles. The van der Waals surface area contributed by atoms with E-state index in [4.69, 9.17) is 14.2 Å². The van der Waals surface area contributed by atoms with Crippen LogP contribution < -0.4 is 9.47 Å². The first-order valence-corrected chi connectivity index (χ1v) is 12.6. The number of fused-ring (bicyclic) bond motifs is 1. The molecule has 1 unspecified atom stereocenters. The van der Waals surface area contributed by atoms with E-state index in [1.54, 1.807) is 44.4 Å². The van der Waals surface area contributed by atoms with Crippen molar-refractivity contribution in [1.82, 2.24) is 9.21 Å². The molecule has 0 aliphatic carbocycles. The van der Waals surface area contributed by atoms with Gasteiger partial charge in [-0.05, 0) is 25.0 Å². The molecule has 1 fully saturated rings. The topological polar surface area (TPSA) is 102 Å². The summed E-state index contributed by atoms with van der Waals surface area (Å²) in [6.45, 7) is 1.14. The second-order valence-corrected chi connectivity index (χ2v) is 10.4.